The minimum Gasteiger partial charge on any atom is -0.330 e. The maximum absolute atomic E-state index is 11.9. The lowest BCUT2D eigenvalue weighted by molar-refractivity contribution is -0.832. The normalized spacial score (nSPS) is 14.1. The molecule has 0 aliphatic heterocycles. The standard InChI is InChI=1S/C14H32N6O4/c15-8-4-1-2-6-10(17)12(21)23-14(19,20)24-13(22)11(18)7-3-5-9-16/h10-11H,1-9,15-20H2/p+2. The number of rotatable bonds is 13. The molecular weight excluding hydrogens is 316 g/mol. The Bertz CT molecular complexity index is 380. The van der Waals surface area contributed by atoms with E-state index in [1.807, 2.05) is 0 Å². The number of ether oxygens (including phenoxy) is 2. The molecular formula is C14H34N6O4+2. The van der Waals surface area contributed by atoms with E-state index in [2.05, 4.69) is 11.5 Å². The maximum Gasteiger partial charge on any atom is 0.557 e. The second-order valence-corrected chi connectivity index (χ2v) is 5.89. The predicted octanol–water partition coefficient (Wildman–Crippen LogP) is -3.53. The van der Waals surface area contributed by atoms with Crippen LogP contribution in [0.15, 0.2) is 0 Å². The molecule has 10 nitrogen and oxygen atoms in total. The largest absolute Gasteiger partial charge is 0.557 e. The topological polar surface area (TPSA) is 212 Å². The van der Waals surface area contributed by atoms with E-state index >= 15 is 0 Å². The van der Waals surface area contributed by atoms with Crippen molar-refractivity contribution in [2.75, 3.05) is 13.1 Å². The predicted molar refractivity (Wildman–Crippen MR) is 87.1 cm³/mol. The zero-order chi connectivity index (χ0) is 18.6. The lowest BCUT2D eigenvalue weighted by Gasteiger charge is -2.20. The number of hydrogen-bond acceptors (Lipinski definition) is 8. The van der Waals surface area contributed by atoms with Gasteiger partial charge in [0.1, 0.15) is 12.1 Å². The Kier molecular flexibility index (Phi) is 11.5. The van der Waals surface area contributed by atoms with Gasteiger partial charge < -0.3 is 32.4 Å². The molecule has 2 unspecified atom stereocenters. The van der Waals surface area contributed by atoms with Gasteiger partial charge in [-0.1, -0.05) is 19.3 Å². The van der Waals surface area contributed by atoms with Crippen molar-refractivity contribution in [2.24, 2.45) is 22.9 Å². The van der Waals surface area contributed by atoms with Gasteiger partial charge in [0, 0.05) is 0 Å². The summed E-state index contributed by atoms with van der Waals surface area (Å²) in [5.74, 6) is -1.46. The molecule has 24 heavy (non-hydrogen) atoms. The van der Waals surface area contributed by atoms with Crippen molar-refractivity contribution in [1.29, 1.82) is 0 Å². The highest BCUT2D eigenvalue weighted by Gasteiger charge is 2.41. The number of quaternary nitrogens is 2. The van der Waals surface area contributed by atoms with E-state index in [-0.39, 0.29) is 0 Å². The molecule has 0 heterocycles. The lowest BCUT2D eigenvalue weighted by atomic mass is 10.1. The molecule has 0 fully saturated rings. The maximum atomic E-state index is 11.9. The van der Waals surface area contributed by atoms with E-state index in [0.29, 0.717) is 32.4 Å². The first-order valence-electron chi connectivity index (χ1n) is 8.31. The third-order valence-electron chi connectivity index (χ3n) is 3.37. The van der Waals surface area contributed by atoms with Crippen LogP contribution in [-0.4, -0.2) is 43.1 Å². The number of carbonyl (C=O) groups is 2. The molecule has 14 N–H and O–H groups in total. The van der Waals surface area contributed by atoms with E-state index < -0.39 is 30.1 Å². The van der Waals surface area contributed by atoms with E-state index in [1.165, 1.54) is 0 Å². The zero-order valence-corrected chi connectivity index (χ0v) is 14.4. The third kappa shape index (κ3) is 10.5. The van der Waals surface area contributed by atoms with Crippen LogP contribution in [0.25, 0.3) is 0 Å². The Morgan fingerprint density at radius 1 is 0.792 bits per heavy atom. The third-order valence-corrected chi connectivity index (χ3v) is 3.37. The van der Waals surface area contributed by atoms with Crippen LogP contribution < -0.4 is 34.4 Å². The Balaban J connectivity index is 4.25. The van der Waals surface area contributed by atoms with Crippen LogP contribution in [0.1, 0.15) is 44.9 Å². The molecule has 2 atom stereocenters. The van der Waals surface area contributed by atoms with Gasteiger partial charge in [-0.05, 0) is 38.8 Å². The Hall–Kier alpha value is -1.30. The number of unbranched alkanes of at least 4 members (excludes halogenated alkanes) is 3. The van der Waals surface area contributed by atoms with Gasteiger partial charge in [-0.3, -0.25) is 0 Å². The summed E-state index contributed by atoms with van der Waals surface area (Å²) in [7, 11) is 0. The molecule has 0 spiro atoms. The summed E-state index contributed by atoms with van der Waals surface area (Å²) in [6, 6.07) is -3.58. The van der Waals surface area contributed by atoms with Crippen molar-refractivity contribution in [1.82, 2.24) is 0 Å². The Morgan fingerprint density at radius 2 is 1.17 bits per heavy atom. The van der Waals surface area contributed by atoms with Crippen molar-refractivity contribution in [3.8, 4) is 0 Å². The summed E-state index contributed by atoms with van der Waals surface area (Å²) >= 11 is 0. The van der Waals surface area contributed by atoms with E-state index in [4.69, 9.17) is 32.4 Å². The highest BCUT2D eigenvalue weighted by Crippen LogP contribution is 2.06. The van der Waals surface area contributed by atoms with Crippen LogP contribution in [0.4, 0.5) is 0 Å². The molecule has 0 amide bonds. The van der Waals surface area contributed by atoms with Crippen LogP contribution in [0.2, 0.25) is 0 Å². The zero-order valence-electron chi connectivity index (χ0n) is 14.4. The first-order valence-corrected chi connectivity index (χ1v) is 8.31. The monoisotopic (exact) mass is 350 g/mol. The van der Waals surface area contributed by atoms with Crippen molar-refractivity contribution in [3.05, 3.63) is 0 Å². The molecule has 0 radical (unpaired) electrons. The van der Waals surface area contributed by atoms with E-state index in [9.17, 15) is 9.59 Å². The molecule has 0 aromatic carbocycles. The minimum absolute atomic E-state index is 0.417. The van der Waals surface area contributed by atoms with Crippen LogP contribution in [0.5, 0.6) is 0 Å². The van der Waals surface area contributed by atoms with Crippen LogP contribution in [-0.2, 0) is 19.1 Å². The van der Waals surface area contributed by atoms with Crippen molar-refractivity contribution in [2.45, 2.75) is 63.1 Å². The summed E-state index contributed by atoms with van der Waals surface area (Å²) in [6.07, 6.45) is 4.82. The minimum atomic E-state index is -1.91. The summed E-state index contributed by atoms with van der Waals surface area (Å²) in [4.78, 5) is 23.8. The molecule has 0 aromatic rings. The number of carbonyl (C=O) groups excluding carboxylic acids is 2. The summed E-state index contributed by atoms with van der Waals surface area (Å²) in [6.45, 7) is 1.12. The smallest absolute Gasteiger partial charge is 0.330 e. The van der Waals surface area contributed by atoms with Gasteiger partial charge in [0.2, 0.25) is 0 Å². The van der Waals surface area contributed by atoms with Gasteiger partial charge in [0.25, 0.3) is 0 Å². The molecule has 0 aliphatic rings. The SMILES string of the molecule is NCCCCCC(N)C(=O)OC([NH3+])([NH3+])OC(=O)C(N)CCCCN. The Morgan fingerprint density at radius 3 is 1.58 bits per heavy atom. The second kappa shape index (κ2) is 12.1. The molecule has 0 bridgehead atoms. The Labute approximate surface area is 142 Å². The van der Waals surface area contributed by atoms with E-state index in [0.717, 1.165) is 25.7 Å². The number of esters is 2. The molecule has 0 saturated heterocycles. The van der Waals surface area contributed by atoms with Gasteiger partial charge in [-0.15, -0.1) is 0 Å². The molecule has 0 rings (SSSR count). The fourth-order valence-corrected chi connectivity index (χ4v) is 1.97. The van der Waals surface area contributed by atoms with Gasteiger partial charge in [-0.2, -0.15) is 0 Å². The number of nitrogens with two attached hydrogens (primary N) is 4. The second-order valence-electron chi connectivity index (χ2n) is 5.89. The van der Waals surface area contributed by atoms with Crippen LogP contribution in [0, 0.1) is 0 Å². The first-order chi connectivity index (χ1) is 11.2. The molecule has 10 heteroatoms. The fourth-order valence-electron chi connectivity index (χ4n) is 1.97. The summed E-state index contributed by atoms with van der Waals surface area (Å²) in [5, 5.41) is 0. The average molecular weight is 350 g/mol. The lowest BCUT2D eigenvalue weighted by Crippen LogP contribution is -2.98. The average Bonchev–Trinajstić information content (AvgIpc) is 2.50. The van der Waals surface area contributed by atoms with Crippen molar-refractivity contribution in [3.63, 3.8) is 0 Å². The summed E-state index contributed by atoms with van der Waals surface area (Å²) < 4.78 is 9.94. The highest BCUT2D eigenvalue weighted by atomic mass is 16.8. The van der Waals surface area contributed by atoms with Gasteiger partial charge >= 0.3 is 18.0 Å². The number of hydrogen-bond donors (Lipinski definition) is 6. The van der Waals surface area contributed by atoms with Crippen molar-refractivity contribution < 1.29 is 30.5 Å². The van der Waals surface area contributed by atoms with Gasteiger partial charge in [-0.25, -0.2) is 21.1 Å². The fraction of sp³-hybridized carbons (Fsp3) is 0.857. The molecule has 142 valence electrons. The molecule has 0 aromatic heterocycles. The van der Waals surface area contributed by atoms with Gasteiger partial charge in [0.15, 0.2) is 0 Å². The molecule has 0 aliphatic carbocycles. The van der Waals surface area contributed by atoms with Gasteiger partial charge in [0.05, 0.1) is 0 Å². The first kappa shape index (κ1) is 22.7. The summed E-state index contributed by atoms with van der Waals surface area (Å²) in [5.41, 5.74) is 29.2. The van der Waals surface area contributed by atoms with Crippen LogP contribution in [0.3, 0.4) is 0 Å². The van der Waals surface area contributed by atoms with Crippen molar-refractivity contribution >= 4 is 11.9 Å². The highest BCUT2D eigenvalue weighted by molar-refractivity contribution is 5.77. The van der Waals surface area contributed by atoms with E-state index in [1.54, 1.807) is 0 Å². The molecule has 0 saturated carbocycles. The quantitative estimate of drug-likeness (QED) is 0.111. The van der Waals surface area contributed by atoms with Crippen LogP contribution >= 0.6 is 0 Å².